The van der Waals surface area contributed by atoms with E-state index in [1.54, 1.807) is 6.92 Å². The maximum Gasteiger partial charge on any atom is 0.218 e. The van der Waals surface area contributed by atoms with Crippen molar-refractivity contribution in [2.75, 3.05) is 7.05 Å². The van der Waals surface area contributed by atoms with Crippen molar-refractivity contribution >= 4 is 21.4 Å². The predicted octanol–water partition coefficient (Wildman–Crippen LogP) is 1.67. The van der Waals surface area contributed by atoms with Crippen LogP contribution in [-0.2, 0) is 10.0 Å². The third-order valence-electron chi connectivity index (χ3n) is 1.91. The molecule has 1 aromatic heterocycles. The summed E-state index contributed by atoms with van der Waals surface area (Å²) in [6.07, 6.45) is 0. The molecule has 1 atom stereocenters. The normalized spacial score (nSPS) is 14.4. The Balaban J connectivity index is 2.98. The zero-order chi connectivity index (χ0) is 10.1. The smallest absolute Gasteiger partial charge is 0.218 e. The van der Waals surface area contributed by atoms with Crippen LogP contribution in [0.3, 0.4) is 0 Å². The number of nitrogens with one attached hydrogen (secondary N) is 1. The van der Waals surface area contributed by atoms with Gasteiger partial charge >= 0.3 is 0 Å². The SMILES string of the molecule is CNS(=O)(=O)C(C)c1ccc(C)s1. The van der Waals surface area contributed by atoms with Gasteiger partial charge in [0, 0.05) is 9.75 Å². The summed E-state index contributed by atoms with van der Waals surface area (Å²) in [5.74, 6) is 0. The highest BCUT2D eigenvalue weighted by Gasteiger charge is 2.21. The molecule has 5 heteroatoms. The first-order valence-electron chi connectivity index (χ1n) is 3.96. The summed E-state index contributed by atoms with van der Waals surface area (Å²) >= 11 is 1.52. The highest BCUT2D eigenvalue weighted by Crippen LogP contribution is 2.27. The Hall–Kier alpha value is -0.390. The molecule has 1 N–H and O–H groups in total. The van der Waals surface area contributed by atoms with Crippen LogP contribution in [0.25, 0.3) is 0 Å². The standard InChI is InChI=1S/C8H13NO2S2/c1-6-4-5-8(12-6)7(2)13(10,11)9-3/h4-5,7,9H,1-3H3. The molecule has 1 rings (SSSR count). The number of thiophene rings is 1. The van der Waals surface area contributed by atoms with E-state index >= 15 is 0 Å². The van der Waals surface area contributed by atoms with Gasteiger partial charge in [0.1, 0.15) is 5.25 Å². The highest BCUT2D eigenvalue weighted by atomic mass is 32.2. The van der Waals surface area contributed by atoms with E-state index in [0.29, 0.717) is 0 Å². The van der Waals surface area contributed by atoms with Gasteiger partial charge in [-0.05, 0) is 33.0 Å². The molecule has 74 valence electrons. The topological polar surface area (TPSA) is 46.2 Å². The molecule has 0 amide bonds. The van der Waals surface area contributed by atoms with E-state index in [2.05, 4.69) is 4.72 Å². The lowest BCUT2D eigenvalue weighted by Crippen LogP contribution is -2.23. The summed E-state index contributed by atoms with van der Waals surface area (Å²) in [4.78, 5) is 2.01. The number of hydrogen-bond acceptors (Lipinski definition) is 3. The van der Waals surface area contributed by atoms with Crippen molar-refractivity contribution in [2.45, 2.75) is 19.1 Å². The third-order valence-corrected chi connectivity index (χ3v) is 5.00. The average molecular weight is 219 g/mol. The maximum atomic E-state index is 11.4. The van der Waals surface area contributed by atoms with Crippen molar-refractivity contribution in [3.63, 3.8) is 0 Å². The Morgan fingerprint density at radius 2 is 2.08 bits per heavy atom. The number of hydrogen-bond donors (Lipinski definition) is 1. The van der Waals surface area contributed by atoms with Gasteiger partial charge in [0.05, 0.1) is 0 Å². The zero-order valence-electron chi connectivity index (χ0n) is 7.87. The molecule has 0 fully saturated rings. The molecule has 0 bridgehead atoms. The Morgan fingerprint density at radius 1 is 1.46 bits per heavy atom. The molecule has 0 aromatic carbocycles. The minimum absolute atomic E-state index is 0.462. The van der Waals surface area contributed by atoms with E-state index in [9.17, 15) is 8.42 Å². The molecule has 1 unspecified atom stereocenters. The lowest BCUT2D eigenvalue weighted by Gasteiger charge is -2.08. The molecule has 3 nitrogen and oxygen atoms in total. The first-order valence-corrected chi connectivity index (χ1v) is 6.32. The van der Waals surface area contributed by atoms with Gasteiger partial charge in [-0.3, -0.25) is 0 Å². The van der Waals surface area contributed by atoms with Gasteiger partial charge < -0.3 is 0 Å². The second-order valence-corrected chi connectivity index (χ2v) is 6.36. The molecule has 0 aliphatic rings. The molecule has 0 saturated heterocycles. The van der Waals surface area contributed by atoms with Crippen molar-refractivity contribution in [1.82, 2.24) is 4.72 Å². The van der Waals surface area contributed by atoms with Crippen LogP contribution >= 0.6 is 11.3 Å². The summed E-state index contributed by atoms with van der Waals surface area (Å²) < 4.78 is 25.1. The zero-order valence-corrected chi connectivity index (χ0v) is 9.50. The summed E-state index contributed by atoms with van der Waals surface area (Å²) in [5.41, 5.74) is 0. The van der Waals surface area contributed by atoms with Crippen LogP contribution in [0.1, 0.15) is 21.9 Å². The van der Waals surface area contributed by atoms with Crippen molar-refractivity contribution < 1.29 is 8.42 Å². The van der Waals surface area contributed by atoms with Gasteiger partial charge in [0.2, 0.25) is 10.0 Å². The van der Waals surface area contributed by atoms with Crippen LogP contribution in [0.4, 0.5) is 0 Å². The highest BCUT2D eigenvalue weighted by molar-refractivity contribution is 7.89. The number of rotatable bonds is 3. The predicted molar refractivity (Wildman–Crippen MR) is 55.5 cm³/mol. The van der Waals surface area contributed by atoms with Gasteiger partial charge in [0.25, 0.3) is 0 Å². The van der Waals surface area contributed by atoms with Crippen LogP contribution in [0.5, 0.6) is 0 Å². The van der Waals surface area contributed by atoms with Crippen LogP contribution in [0, 0.1) is 6.92 Å². The molecule has 1 heterocycles. The summed E-state index contributed by atoms with van der Waals surface area (Å²) in [5, 5.41) is -0.462. The lowest BCUT2D eigenvalue weighted by molar-refractivity contribution is 0.579. The lowest BCUT2D eigenvalue weighted by atomic mass is 10.4. The quantitative estimate of drug-likeness (QED) is 0.840. The van der Waals surface area contributed by atoms with E-state index in [-0.39, 0.29) is 0 Å². The fraction of sp³-hybridized carbons (Fsp3) is 0.500. The van der Waals surface area contributed by atoms with Crippen LogP contribution in [0.2, 0.25) is 0 Å². The summed E-state index contributed by atoms with van der Waals surface area (Å²) in [6, 6.07) is 3.79. The first kappa shape index (κ1) is 10.7. The Bertz CT molecular complexity index is 381. The Labute approximate surface area is 82.8 Å². The largest absolute Gasteiger partial charge is 0.218 e. The third kappa shape index (κ3) is 2.30. The molecule has 0 aliphatic carbocycles. The fourth-order valence-corrected chi connectivity index (χ4v) is 3.07. The van der Waals surface area contributed by atoms with E-state index in [1.165, 1.54) is 18.4 Å². The monoisotopic (exact) mass is 219 g/mol. The molecule has 0 spiro atoms. The second kappa shape index (κ2) is 3.77. The van der Waals surface area contributed by atoms with Crippen LogP contribution < -0.4 is 4.72 Å². The van der Waals surface area contributed by atoms with E-state index in [0.717, 1.165) is 9.75 Å². The molecule has 0 saturated carbocycles. The minimum Gasteiger partial charge on any atom is -0.218 e. The first-order chi connectivity index (χ1) is 5.97. The van der Waals surface area contributed by atoms with Crippen molar-refractivity contribution in [2.24, 2.45) is 0 Å². The van der Waals surface area contributed by atoms with Crippen LogP contribution in [-0.4, -0.2) is 15.5 Å². The maximum absolute atomic E-state index is 11.4. The molecule has 13 heavy (non-hydrogen) atoms. The molecular weight excluding hydrogens is 206 g/mol. The van der Waals surface area contributed by atoms with Gasteiger partial charge in [-0.2, -0.15) is 0 Å². The van der Waals surface area contributed by atoms with E-state index in [1.807, 2.05) is 19.1 Å². The summed E-state index contributed by atoms with van der Waals surface area (Å²) in [6.45, 7) is 3.66. The van der Waals surface area contributed by atoms with Crippen molar-refractivity contribution in [1.29, 1.82) is 0 Å². The van der Waals surface area contributed by atoms with Crippen molar-refractivity contribution in [3.05, 3.63) is 21.9 Å². The van der Waals surface area contributed by atoms with E-state index < -0.39 is 15.3 Å². The van der Waals surface area contributed by atoms with Gasteiger partial charge in [-0.15, -0.1) is 11.3 Å². The number of aryl methyl sites for hydroxylation is 1. The average Bonchev–Trinajstić information content (AvgIpc) is 2.50. The number of sulfonamides is 1. The minimum atomic E-state index is -3.18. The van der Waals surface area contributed by atoms with Gasteiger partial charge in [0.15, 0.2) is 0 Å². The van der Waals surface area contributed by atoms with E-state index in [4.69, 9.17) is 0 Å². The van der Waals surface area contributed by atoms with Crippen LogP contribution in [0.15, 0.2) is 12.1 Å². The Morgan fingerprint density at radius 3 is 2.46 bits per heavy atom. The Kier molecular flexibility index (Phi) is 3.10. The molecular formula is C8H13NO2S2. The summed E-state index contributed by atoms with van der Waals surface area (Å²) in [7, 11) is -1.74. The molecule has 0 aliphatic heterocycles. The second-order valence-electron chi connectivity index (χ2n) is 2.84. The molecule has 0 radical (unpaired) electrons. The fourth-order valence-electron chi connectivity index (χ4n) is 1.00. The van der Waals surface area contributed by atoms with Gasteiger partial charge in [-0.1, -0.05) is 0 Å². The molecule has 1 aromatic rings. The van der Waals surface area contributed by atoms with Crippen molar-refractivity contribution in [3.8, 4) is 0 Å². The van der Waals surface area contributed by atoms with Gasteiger partial charge in [-0.25, -0.2) is 13.1 Å².